The van der Waals surface area contributed by atoms with Crippen molar-refractivity contribution in [3.63, 3.8) is 0 Å². The van der Waals surface area contributed by atoms with Gasteiger partial charge in [0.05, 0.1) is 9.75 Å². The van der Waals surface area contributed by atoms with E-state index in [0.29, 0.717) is 15.8 Å². The number of ketones is 1. The predicted octanol–water partition coefficient (Wildman–Crippen LogP) is 2.38. The molecular formula is C17H16F2N2O4S2. The van der Waals surface area contributed by atoms with Crippen molar-refractivity contribution in [2.24, 2.45) is 0 Å². The van der Waals surface area contributed by atoms with E-state index < -0.39 is 26.6 Å². The van der Waals surface area contributed by atoms with Crippen LogP contribution in [0.5, 0.6) is 0 Å². The van der Waals surface area contributed by atoms with Crippen LogP contribution in [0.2, 0.25) is 0 Å². The lowest BCUT2D eigenvalue weighted by Gasteiger charge is -2.33. The number of halogens is 2. The molecular weight excluding hydrogens is 398 g/mol. The van der Waals surface area contributed by atoms with Crippen LogP contribution in [0.4, 0.5) is 8.78 Å². The molecule has 1 aromatic carbocycles. The highest BCUT2D eigenvalue weighted by Crippen LogP contribution is 2.23. The summed E-state index contributed by atoms with van der Waals surface area (Å²) in [4.78, 5) is 25.5. The Kier molecular flexibility index (Phi) is 5.41. The summed E-state index contributed by atoms with van der Waals surface area (Å²) in [5, 5.41) is 0. The largest absolute Gasteiger partial charge is 0.335 e. The first kappa shape index (κ1) is 19.6. The smallest absolute Gasteiger partial charge is 0.264 e. The van der Waals surface area contributed by atoms with Crippen molar-refractivity contribution < 1.29 is 26.8 Å². The molecule has 1 aliphatic rings. The van der Waals surface area contributed by atoms with Crippen LogP contribution in [0.25, 0.3) is 0 Å². The van der Waals surface area contributed by atoms with Gasteiger partial charge in [-0.15, -0.1) is 11.3 Å². The molecule has 1 aliphatic heterocycles. The SMILES string of the molecule is CC(=O)c1ccc(C(=O)N2CCN(S(=O)(=O)c3cc(F)ccc3F)CC2)s1. The van der Waals surface area contributed by atoms with Gasteiger partial charge in [-0.3, -0.25) is 9.59 Å². The van der Waals surface area contributed by atoms with Crippen molar-refractivity contribution in [1.82, 2.24) is 9.21 Å². The van der Waals surface area contributed by atoms with Crippen LogP contribution in [0.1, 0.15) is 26.3 Å². The lowest BCUT2D eigenvalue weighted by Crippen LogP contribution is -2.50. The Balaban J connectivity index is 1.71. The molecule has 1 fully saturated rings. The Hall–Kier alpha value is -2.17. The van der Waals surface area contributed by atoms with Crippen LogP contribution in [0.15, 0.2) is 35.2 Å². The number of nitrogens with zero attached hydrogens (tertiary/aromatic N) is 2. The fourth-order valence-electron chi connectivity index (χ4n) is 2.74. The Labute approximate surface area is 159 Å². The van der Waals surface area contributed by atoms with E-state index in [1.54, 1.807) is 12.1 Å². The van der Waals surface area contributed by atoms with Crippen LogP contribution in [0, 0.1) is 11.6 Å². The first-order valence-corrected chi connectivity index (χ1v) is 10.3. The summed E-state index contributed by atoms with van der Waals surface area (Å²) < 4.78 is 53.3. The highest BCUT2D eigenvalue weighted by Gasteiger charge is 2.32. The highest BCUT2D eigenvalue weighted by atomic mass is 32.2. The van der Waals surface area contributed by atoms with Gasteiger partial charge in [0.2, 0.25) is 10.0 Å². The monoisotopic (exact) mass is 414 g/mol. The molecule has 2 heterocycles. The van der Waals surface area contributed by atoms with Crippen molar-refractivity contribution in [2.75, 3.05) is 26.2 Å². The van der Waals surface area contributed by atoms with Crippen molar-refractivity contribution in [1.29, 1.82) is 0 Å². The first-order chi connectivity index (χ1) is 12.7. The third kappa shape index (κ3) is 3.92. The number of sulfonamides is 1. The Bertz CT molecular complexity index is 996. The van der Waals surface area contributed by atoms with E-state index in [1.165, 1.54) is 11.8 Å². The van der Waals surface area contributed by atoms with Crippen LogP contribution in [-0.2, 0) is 10.0 Å². The molecule has 0 unspecified atom stereocenters. The van der Waals surface area contributed by atoms with E-state index in [9.17, 15) is 26.8 Å². The third-order valence-corrected chi connectivity index (χ3v) is 7.29. The lowest BCUT2D eigenvalue weighted by molar-refractivity contribution is 0.0702. The quantitative estimate of drug-likeness (QED) is 0.720. The number of carbonyl (C=O) groups is 2. The molecule has 10 heteroatoms. The highest BCUT2D eigenvalue weighted by molar-refractivity contribution is 7.89. The second kappa shape index (κ2) is 7.45. The number of piperazine rings is 1. The molecule has 6 nitrogen and oxygen atoms in total. The van der Waals surface area contributed by atoms with E-state index in [-0.39, 0.29) is 37.9 Å². The number of Topliss-reactive ketones (excluding diaryl/α,β-unsaturated/α-hetero) is 1. The fraction of sp³-hybridized carbons (Fsp3) is 0.294. The molecule has 1 aromatic heterocycles. The van der Waals surface area contributed by atoms with E-state index >= 15 is 0 Å². The summed E-state index contributed by atoms with van der Waals surface area (Å²) in [6, 6.07) is 5.41. The number of hydrogen-bond acceptors (Lipinski definition) is 5. The Morgan fingerprint density at radius 3 is 2.22 bits per heavy atom. The fourth-order valence-corrected chi connectivity index (χ4v) is 5.11. The van der Waals surface area contributed by atoms with E-state index in [0.717, 1.165) is 27.8 Å². The number of amides is 1. The van der Waals surface area contributed by atoms with Gasteiger partial charge < -0.3 is 4.90 Å². The summed E-state index contributed by atoms with van der Waals surface area (Å²) in [7, 11) is -4.20. The van der Waals surface area contributed by atoms with Gasteiger partial charge in [-0.1, -0.05) is 0 Å². The van der Waals surface area contributed by atoms with Crippen LogP contribution >= 0.6 is 11.3 Å². The molecule has 0 aliphatic carbocycles. The zero-order valence-corrected chi connectivity index (χ0v) is 15.9. The van der Waals surface area contributed by atoms with Crippen molar-refractivity contribution in [3.8, 4) is 0 Å². The number of benzene rings is 1. The molecule has 0 atom stereocenters. The summed E-state index contributed by atoms with van der Waals surface area (Å²) in [5.74, 6) is -2.29. The molecule has 0 bridgehead atoms. The average molecular weight is 414 g/mol. The Morgan fingerprint density at radius 2 is 1.63 bits per heavy atom. The van der Waals surface area contributed by atoms with Crippen molar-refractivity contribution >= 4 is 33.1 Å². The zero-order chi connectivity index (χ0) is 19.8. The van der Waals surface area contributed by atoms with E-state index in [2.05, 4.69) is 0 Å². The zero-order valence-electron chi connectivity index (χ0n) is 14.3. The molecule has 2 aromatic rings. The summed E-state index contributed by atoms with van der Waals surface area (Å²) >= 11 is 1.09. The van der Waals surface area contributed by atoms with Gasteiger partial charge >= 0.3 is 0 Å². The maximum absolute atomic E-state index is 13.9. The second-order valence-corrected chi connectivity index (χ2v) is 8.98. The summed E-state index contributed by atoms with van der Waals surface area (Å²) in [6.45, 7) is 1.57. The van der Waals surface area contributed by atoms with Gasteiger partial charge in [0.1, 0.15) is 16.5 Å². The first-order valence-electron chi connectivity index (χ1n) is 8.05. The maximum Gasteiger partial charge on any atom is 0.264 e. The molecule has 27 heavy (non-hydrogen) atoms. The minimum Gasteiger partial charge on any atom is -0.335 e. The normalized spacial score (nSPS) is 15.7. The molecule has 0 spiro atoms. The molecule has 3 rings (SSSR count). The van der Waals surface area contributed by atoms with Crippen LogP contribution in [0.3, 0.4) is 0 Å². The van der Waals surface area contributed by atoms with Gasteiger partial charge in [-0.05, 0) is 37.3 Å². The maximum atomic E-state index is 13.9. The Morgan fingerprint density at radius 1 is 1.00 bits per heavy atom. The molecule has 0 saturated carbocycles. The second-order valence-electron chi connectivity index (χ2n) is 5.99. The predicted molar refractivity (Wildman–Crippen MR) is 95.3 cm³/mol. The van der Waals surface area contributed by atoms with Gasteiger partial charge in [0, 0.05) is 26.2 Å². The van der Waals surface area contributed by atoms with E-state index in [4.69, 9.17) is 0 Å². The third-order valence-electron chi connectivity index (χ3n) is 4.20. The van der Waals surface area contributed by atoms with Gasteiger partial charge in [0.15, 0.2) is 5.78 Å². The van der Waals surface area contributed by atoms with Gasteiger partial charge in [0.25, 0.3) is 5.91 Å². The minimum atomic E-state index is -4.20. The number of thiophene rings is 1. The molecule has 0 radical (unpaired) electrons. The van der Waals surface area contributed by atoms with Crippen LogP contribution in [-0.4, -0.2) is 55.5 Å². The standard InChI is InChI=1S/C17H16F2N2O4S2/c1-11(22)14-4-5-15(26-14)17(23)20-6-8-21(9-7-20)27(24,25)16-10-12(18)2-3-13(16)19/h2-5,10H,6-9H2,1H3. The summed E-state index contributed by atoms with van der Waals surface area (Å²) in [6.07, 6.45) is 0. The number of carbonyl (C=O) groups excluding carboxylic acids is 2. The summed E-state index contributed by atoms with van der Waals surface area (Å²) in [5.41, 5.74) is 0. The molecule has 1 saturated heterocycles. The molecule has 144 valence electrons. The topological polar surface area (TPSA) is 74.8 Å². The minimum absolute atomic E-state index is 0.0328. The van der Waals surface area contributed by atoms with Crippen molar-refractivity contribution in [3.05, 3.63) is 51.7 Å². The van der Waals surface area contributed by atoms with E-state index in [1.807, 2.05) is 0 Å². The molecule has 0 N–H and O–H groups in total. The van der Waals surface area contributed by atoms with Crippen molar-refractivity contribution in [2.45, 2.75) is 11.8 Å². The lowest BCUT2D eigenvalue weighted by atomic mass is 10.3. The molecule has 1 amide bonds. The van der Waals surface area contributed by atoms with Gasteiger partial charge in [-0.2, -0.15) is 4.31 Å². The number of hydrogen-bond donors (Lipinski definition) is 0. The van der Waals surface area contributed by atoms with Crippen LogP contribution < -0.4 is 0 Å². The number of rotatable bonds is 4. The average Bonchev–Trinajstić information content (AvgIpc) is 3.13. The van der Waals surface area contributed by atoms with Gasteiger partial charge in [-0.25, -0.2) is 17.2 Å².